The fourth-order valence-corrected chi connectivity index (χ4v) is 1.61. The lowest BCUT2D eigenvalue weighted by atomic mass is 10.1. The van der Waals surface area contributed by atoms with Gasteiger partial charge in [-0.25, -0.2) is 4.98 Å². The van der Waals surface area contributed by atoms with Crippen molar-refractivity contribution < 1.29 is 5.11 Å². The molecule has 0 bridgehead atoms. The molecule has 2 rings (SSSR count). The van der Waals surface area contributed by atoms with E-state index in [4.69, 9.17) is 0 Å². The van der Waals surface area contributed by atoms with Crippen molar-refractivity contribution in [2.45, 2.75) is 13.5 Å². The van der Waals surface area contributed by atoms with Crippen LogP contribution in [0.1, 0.15) is 11.1 Å². The lowest BCUT2D eigenvalue weighted by molar-refractivity contribution is 0.281. The molecule has 0 spiro atoms. The van der Waals surface area contributed by atoms with Crippen LogP contribution in [0.4, 0.5) is 0 Å². The number of imidazole rings is 1. The SMILES string of the molecule is Cc1cccc(CO)c1-n1ccnc1. The van der Waals surface area contributed by atoms with Gasteiger partial charge in [-0.2, -0.15) is 0 Å². The maximum atomic E-state index is 9.21. The van der Waals surface area contributed by atoms with Crippen LogP contribution in [0.5, 0.6) is 0 Å². The Morgan fingerprint density at radius 2 is 2.29 bits per heavy atom. The van der Waals surface area contributed by atoms with E-state index >= 15 is 0 Å². The van der Waals surface area contributed by atoms with E-state index in [1.807, 2.05) is 35.9 Å². The molecular formula is C11H12N2O. The number of rotatable bonds is 2. The van der Waals surface area contributed by atoms with Crippen LogP contribution >= 0.6 is 0 Å². The highest BCUT2D eigenvalue weighted by Crippen LogP contribution is 2.18. The van der Waals surface area contributed by atoms with E-state index in [2.05, 4.69) is 4.98 Å². The molecule has 2 aromatic rings. The van der Waals surface area contributed by atoms with E-state index < -0.39 is 0 Å². The Hall–Kier alpha value is -1.61. The molecule has 0 fully saturated rings. The lowest BCUT2D eigenvalue weighted by Crippen LogP contribution is -1.99. The van der Waals surface area contributed by atoms with Gasteiger partial charge < -0.3 is 9.67 Å². The summed E-state index contributed by atoms with van der Waals surface area (Å²) in [5, 5.41) is 9.21. The van der Waals surface area contributed by atoms with Crippen molar-refractivity contribution in [3.63, 3.8) is 0 Å². The smallest absolute Gasteiger partial charge is 0.0991 e. The van der Waals surface area contributed by atoms with Gasteiger partial charge in [0.05, 0.1) is 18.6 Å². The third-order valence-corrected chi connectivity index (χ3v) is 2.25. The molecule has 1 heterocycles. The molecule has 0 aliphatic heterocycles. The first kappa shape index (κ1) is 8.97. The van der Waals surface area contributed by atoms with E-state index in [0.717, 1.165) is 16.8 Å². The summed E-state index contributed by atoms with van der Waals surface area (Å²) in [7, 11) is 0. The molecule has 1 N–H and O–H groups in total. The van der Waals surface area contributed by atoms with Crippen LogP contribution < -0.4 is 0 Å². The number of hydrogen-bond donors (Lipinski definition) is 1. The third-order valence-electron chi connectivity index (χ3n) is 2.25. The van der Waals surface area contributed by atoms with Gasteiger partial charge in [-0.1, -0.05) is 18.2 Å². The average molecular weight is 188 g/mol. The van der Waals surface area contributed by atoms with Crippen LogP contribution in [0.2, 0.25) is 0 Å². The molecule has 0 aliphatic rings. The van der Waals surface area contributed by atoms with Gasteiger partial charge >= 0.3 is 0 Å². The Morgan fingerprint density at radius 3 is 2.93 bits per heavy atom. The normalized spacial score (nSPS) is 10.4. The van der Waals surface area contributed by atoms with E-state index in [0.29, 0.717) is 0 Å². The van der Waals surface area contributed by atoms with Crippen molar-refractivity contribution in [3.05, 3.63) is 48.0 Å². The van der Waals surface area contributed by atoms with Crippen LogP contribution in [-0.4, -0.2) is 14.7 Å². The maximum Gasteiger partial charge on any atom is 0.0991 e. The summed E-state index contributed by atoms with van der Waals surface area (Å²) in [6.07, 6.45) is 5.34. The number of hydrogen-bond acceptors (Lipinski definition) is 2. The molecule has 0 aliphatic carbocycles. The predicted octanol–water partition coefficient (Wildman–Crippen LogP) is 1.67. The van der Waals surface area contributed by atoms with Crippen LogP contribution in [0, 0.1) is 6.92 Å². The maximum absolute atomic E-state index is 9.21. The van der Waals surface area contributed by atoms with Gasteiger partial charge in [0, 0.05) is 18.0 Å². The predicted molar refractivity (Wildman–Crippen MR) is 54.2 cm³/mol. The van der Waals surface area contributed by atoms with Gasteiger partial charge in [-0.15, -0.1) is 0 Å². The number of nitrogens with zero attached hydrogens (tertiary/aromatic N) is 2. The summed E-state index contributed by atoms with van der Waals surface area (Å²) in [5.74, 6) is 0. The summed E-state index contributed by atoms with van der Waals surface area (Å²) in [6, 6.07) is 5.89. The lowest BCUT2D eigenvalue weighted by Gasteiger charge is -2.10. The summed E-state index contributed by atoms with van der Waals surface area (Å²) in [4.78, 5) is 4.00. The third kappa shape index (κ3) is 1.42. The first-order chi connectivity index (χ1) is 6.83. The van der Waals surface area contributed by atoms with Crippen molar-refractivity contribution in [2.24, 2.45) is 0 Å². The van der Waals surface area contributed by atoms with Crippen molar-refractivity contribution in [1.29, 1.82) is 0 Å². The van der Waals surface area contributed by atoms with Crippen molar-refractivity contribution in [3.8, 4) is 5.69 Å². The molecule has 0 radical (unpaired) electrons. The van der Waals surface area contributed by atoms with E-state index in [9.17, 15) is 5.11 Å². The first-order valence-corrected chi connectivity index (χ1v) is 4.50. The Kier molecular flexibility index (Phi) is 2.33. The molecule has 14 heavy (non-hydrogen) atoms. The standard InChI is InChI=1S/C11H12N2O/c1-9-3-2-4-10(7-14)11(9)13-6-5-12-8-13/h2-6,8,14H,7H2,1H3. The first-order valence-electron chi connectivity index (χ1n) is 4.50. The number of aliphatic hydroxyl groups excluding tert-OH is 1. The molecule has 0 unspecified atom stereocenters. The topological polar surface area (TPSA) is 38.0 Å². The molecule has 0 amide bonds. The molecule has 3 heteroatoms. The molecule has 1 aromatic carbocycles. The molecular weight excluding hydrogens is 176 g/mol. The van der Waals surface area contributed by atoms with Gasteiger partial charge in [-0.05, 0) is 12.5 Å². The van der Waals surface area contributed by atoms with Crippen LogP contribution in [-0.2, 0) is 6.61 Å². The van der Waals surface area contributed by atoms with Crippen LogP contribution in [0.3, 0.4) is 0 Å². The largest absolute Gasteiger partial charge is 0.392 e. The molecule has 72 valence electrons. The number of aromatic nitrogens is 2. The van der Waals surface area contributed by atoms with E-state index in [-0.39, 0.29) is 6.61 Å². The van der Waals surface area contributed by atoms with E-state index in [1.54, 1.807) is 12.5 Å². The number of benzene rings is 1. The minimum atomic E-state index is 0.0508. The van der Waals surface area contributed by atoms with E-state index in [1.165, 1.54) is 0 Å². The summed E-state index contributed by atoms with van der Waals surface area (Å²) in [6.45, 7) is 2.07. The Balaban J connectivity index is 2.61. The molecule has 0 atom stereocenters. The minimum absolute atomic E-state index is 0.0508. The summed E-state index contributed by atoms with van der Waals surface area (Å²) < 4.78 is 1.92. The highest BCUT2D eigenvalue weighted by atomic mass is 16.3. The zero-order valence-corrected chi connectivity index (χ0v) is 8.01. The van der Waals surface area contributed by atoms with Gasteiger partial charge in [-0.3, -0.25) is 0 Å². The fraction of sp³-hybridized carbons (Fsp3) is 0.182. The Morgan fingerprint density at radius 1 is 1.43 bits per heavy atom. The van der Waals surface area contributed by atoms with Crippen molar-refractivity contribution in [1.82, 2.24) is 9.55 Å². The zero-order chi connectivity index (χ0) is 9.97. The highest BCUT2D eigenvalue weighted by Gasteiger charge is 2.05. The molecule has 1 aromatic heterocycles. The van der Waals surface area contributed by atoms with Crippen LogP contribution in [0.15, 0.2) is 36.9 Å². The summed E-state index contributed by atoms with van der Waals surface area (Å²) >= 11 is 0. The second-order valence-electron chi connectivity index (χ2n) is 3.21. The van der Waals surface area contributed by atoms with Gasteiger partial charge in [0.1, 0.15) is 0 Å². The van der Waals surface area contributed by atoms with Crippen molar-refractivity contribution >= 4 is 0 Å². The average Bonchev–Trinajstić information content (AvgIpc) is 2.70. The minimum Gasteiger partial charge on any atom is -0.392 e. The molecule has 3 nitrogen and oxygen atoms in total. The molecule has 0 saturated carbocycles. The quantitative estimate of drug-likeness (QED) is 0.778. The zero-order valence-electron chi connectivity index (χ0n) is 8.01. The van der Waals surface area contributed by atoms with Gasteiger partial charge in [0.25, 0.3) is 0 Å². The monoisotopic (exact) mass is 188 g/mol. The Bertz CT molecular complexity index is 421. The fourth-order valence-electron chi connectivity index (χ4n) is 1.61. The molecule has 0 saturated heterocycles. The van der Waals surface area contributed by atoms with Crippen LogP contribution in [0.25, 0.3) is 5.69 Å². The second-order valence-corrected chi connectivity index (χ2v) is 3.21. The number of para-hydroxylation sites is 1. The van der Waals surface area contributed by atoms with Gasteiger partial charge in [0.2, 0.25) is 0 Å². The number of aliphatic hydroxyl groups is 1. The van der Waals surface area contributed by atoms with Crippen molar-refractivity contribution in [2.75, 3.05) is 0 Å². The summed E-state index contributed by atoms with van der Waals surface area (Å²) in [5.41, 5.74) is 3.07. The Labute approximate surface area is 82.7 Å². The van der Waals surface area contributed by atoms with Gasteiger partial charge in [0.15, 0.2) is 0 Å². The number of aryl methyl sites for hydroxylation is 1. The second kappa shape index (κ2) is 3.64. The highest BCUT2D eigenvalue weighted by molar-refractivity contribution is 5.47.